The van der Waals surface area contributed by atoms with E-state index < -0.39 is 0 Å². The van der Waals surface area contributed by atoms with Crippen molar-refractivity contribution >= 4 is 23.1 Å². The zero-order chi connectivity index (χ0) is 23.4. The van der Waals surface area contributed by atoms with Gasteiger partial charge >= 0.3 is 0 Å². The van der Waals surface area contributed by atoms with Crippen LogP contribution >= 0.6 is 0 Å². The highest BCUT2D eigenvalue weighted by Gasteiger charge is 2.41. The van der Waals surface area contributed by atoms with Crippen LogP contribution in [0.1, 0.15) is 44.7 Å². The molecule has 0 saturated carbocycles. The van der Waals surface area contributed by atoms with Gasteiger partial charge in [0.2, 0.25) is 5.91 Å². The minimum absolute atomic E-state index is 0.0746. The van der Waals surface area contributed by atoms with Crippen molar-refractivity contribution in [2.45, 2.75) is 39.2 Å². The number of rotatable bonds is 7. The molecule has 1 heterocycles. The van der Waals surface area contributed by atoms with Gasteiger partial charge in [0.1, 0.15) is 0 Å². The van der Waals surface area contributed by atoms with Gasteiger partial charge in [0, 0.05) is 38.0 Å². The Bertz CT molecular complexity index is 1050. The van der Waals surface area contributed by atoms with Crippen molar-refractivity contribution in [2.75, 3.05) is 37.0 Å². The van der Waals surface area contributed by atoms with Gasteiger partial charge in [-0.3, -0.25) is 9.59 Å². The minimum Gasteiger partial charge on any atom is -0.385 e. The Labute approximate surface area is 196 Å². The number of ether oxygens (including phenoxy) is 1. The lowest BCUT2D eigenvalue weighted by atomic mass is 9.73. The molecule has 2 aromatic carbocycles. The van der Waals surface area contributed by atoms with Gasteiger partial charge in [-0.15, -0.1) is 0 Å². The second-order valence-corrected chi connectivity index (χ2v) is 9.61. The summed E-state index contributed by atoms with van der Waals surface area (Å²) in [6.07, 6.45) is 2.03. The number of para-hydroxylation sites is 2. The lowest BCUT2D eigenvalue weighted by Gasteiger charge is -2.37. The van der Waals surface area contributed by atoms with Crippen molar-refractivity contribution in [3.63, 3.8) is 0 Å². The quantitative estimate of drug-likeness (QED) is 0.614. The van der Waals surface area contributed by atoms with Crippen LogP contribution in [0.5, 0.6) is 0 Å². The maximum absolute atomic E-state index is 13.6. The third-order valence-electron chi connectivity index (χ3n) is 6.28. The molecule has 4 rings (SSSR count). The normalized spacial score (nSPS) is 19.3. The molecule has 33 heavy (non-hydrogen) atoms. The molecule has 0 aromatic heterocycles. The number of carbonyl (C=O) groups is 2. The summed E-state index contributed by atoms with van der Waals surface area (Å²) in [7, 11) is 1.65. The number of anilines is 2. The molecule has 0 fully saturated rings. The number of fused-ring (bicyclic) bond motifs is 1. The molecule has 6 nitrogen and oxygen atoms in total. The van der Waals surface area contributed by atoms with Gasteiger partial charge in [-0.05, 0) is 36.0 Å². The number of amides is 1. The highest BCUT2D eigenvalue weighted by atomic mass is 16.5. The number of hydrogen-bond acceptors (Lipinski definition) is 5. The Balaban J connectivity index is 1.79. The molecule has 6 heteroatoms. The van der Waals surface area contributed by atoms with Gasteiger partial charge in [-0.25, -0.2) is 0 Å². The molecule has 0 spiro atoms. The van der Waals surface area contributed by atoms with Crippen LogP contribution in [0, 0.1) is 5.41 Å². The van der Waals surface area contributed by atoms with Crippen molar-refractivity contribution in [2.24, 2.45) is 5.41 Å². The first-order chi connectivity index (χ1) is 15.9. The number of allylic oxidation sites excluding steroid dienone is 1. The van der Waals surface area contributed by atoms with Crippen LogP contribution in [0.25, 0.3) is 0 Å². The maximum Gasteiger partial charge on any atom is 0.239 e. The van der Waals surface area contributed by atoms with E-state index in [1.54, 1.807) is 7.11 Å². The van der Waals surface area contributed by atoms with Crippen LogP contribution < -0.4 is 15.5 Å². The highest BCUT2D eigenvalue weighted by Crippen LogP contribution is 2.48. The monoisotopic (exact) mass is 447 g/mol. The van der Waals surface area contributed by atoms with E-state index >= 15 is 0 Å². The molecule has 0 bridgehead atoms. The van der Waals surface area contributed by atoms with Crippen molar-refractivity contribution < 1.29 is 14.3 Å². The molecule has 1 atom stereocenters. The summed E-state index contributed by atoms with van der Waals surface area (Å²) >= 11 is 0. The number of nitrogens with zero attached hydrogens (tertiary/aromatic N) is 1. The SMILES string of the molecule is COCCCNC(=O)CN1c2ccccc2NC2=C(C(=O)CC(C)(C)C2)[C@H]1c1ccccc1. The molecule has 174 valence electrons. The van der Waals surface area contributed by atoms with Crippen molar-refractivity contribution in [3.05, 3.63) is 71.4 Å². The van der Waals surface area contributed by atoms with Crippen LogP contribution in [0.2, 0.25) is 0 Å². The standard InChI is InChI=1S/C27H33N3O3/c1-27(2)16-21-25(23(31)17-27)26(19-10-5-4-6-11-19)30(18-24(32)28-14-9-15-33-3)22-13-8-7-12-20(22)29-21/h4-8,10-13,26,29H,9,14-18H2,1-3H3,(H,28,32)/t26-/m1/s1. The number of ketones is 1. The molecule has 0 radical (unpaired) electrons. The third kappa shape index (κ3) is 5.11. The third-order valence-corrected chi connectivity index (χ3v) is 6.28. The predicted octanol–water partition coefficient (Wildman–Crippen LogP) is 4.46. The molecule has 1 aliphatic carbocycles. The lowest BCUT2D eigenvalue weighted by Crippen LogP contribution is -2.42. The van der Waals surface area contributed by atoms with Gasteiger partial charge in [0.15, 0.2) is 5.78 Å². The first-order valence-corrected chi connectivity index (χ1v) is 11.6. The number of Topliss-reactive ketones (excluding diaryl/α,β-unsaturated/α-hetero) is 1. The molecule has 2 aromatic rings. The first kappa shape index (κ1) is 23.1. The Morgan fingerprint density at radius 1 is 1.12 bits per heavy atom. The number of carbonyl (C=O) groups excluding carboxylic acids is 2. The summed E-state index contributed by atoms with van der Waals surface area (Å²) in [5.41, 5.74) is 4.44. The van der Waals surface area contributed by atoms with Crippen LogP contribution in [0.4, 0.5) is 11.4 Å². The summed E-state index contributed by atoms with van der Waals surface area (Å²) in [5.74, 6) is 0.0652. The summed E-state index contributed by atoms with van der Waals surface area (Å²) in [5, 5.41) is 6.58. The van der Waals surface area contributed by atoms with Gasteiger partial charge in [0.05, 0.1) is 24.0 Å². The number of benzene rings is 2. The van der Waals surface area contributed by atoms with Crippen LogP contribution in [0.3, 0.4) is 0 Å². The fourth-order valence-electron chi connectivity index (χ4n) is 4.86. The molecule has 0 unspecified atom stereocenters. The van der Waals surface area contributed by atoms with Gasteiger partial charge in [-0.1, -0.05) is 56.3 Å². The van der Waals surface area contributed by atoms with E-state index in [0.717, 1.165) is 41.1 Å². The van der Waals surface area contributed by atoms with Crippen molar-refractivity contribution in [1.29, 1.82) is 0 Å². The molecular weight excluding hydrogens is 414 g/mol. The molecule has 1 aliphatic heterocycles. The summed E-state index contributed by atoms with van der Waals surface area (Å²) in [6.45, 7) is 5.58. The van der Waals surface area contributed by atoms with Crippen LogP contribution in [0.15, 0.2) is 65.9 Å². The average molecular weight is 448 g/mol. The minimum atomic E-state index is -0.342. The second kappa shape index (κ2) is 9.79. The Kier molecular flexibility index (Phi) is 6.84. The van der Waals surface area contributed by atoms with Gasteiger partial charge in [0.25, 0.3) is 0 Å². The lowest BCUT2D eigenvalue weighted by molar-refractivity contribution is -0.120. The van der Waals surface area contributed by atoms with E-state index in [1.165, 1.54) is 0 Å². The largest absolute Gasteiger partial charge is 0.385 e. The van der Waals surface area contributed by atoms with E-state index in [4.69, 9.17) is 4.74 Å². The smallest absolute Gasteiger partial charge is 0.239 e. The number of methoxy groups -OCH3 is 1. The van der Waals surface area contributed by atoms with E-state index in [-0.39, 0.29) is 29.7 Å². The zero-order valence-electron chi connectivity index (χ0n) is 19.7. The maximum atomic E-state index is 13.6. The molecule has 0 saturated heterocycles. The van der Waals surface area contributed by atoms with Gasteiger partial charge in [-0.2, -0.15) is 0 Å². The van der Waals surface area contributed by atoms with Crippen LogP contribution in [-0.2, 0) is 14.3 Å². The zero-order valence-corrected chi connectivity index (χ0v) is 19.7. The Morgan fingerprint density at radius 3 is 2.61 bits per heavy atom. The van der Waals surface area contributed by atoms with Crippen molar-refractivity contribution in [1.82, 2.24) is 5.32 Å². The number of hydrogen-bond donors (Lipinski definition) is 2. The van der Waals surface area contributed by atoms with E-state index in [1.807, 2.05) is 54.6 Å². The van der Waals surface area contributed by atoms with Crippen molar-refractivity contribution in [3.8, 4) is 0 Å². The van der Waals surface area contributed by atoms with E-state index in [2.05, 4.69) is 29.4 Å². The van der Waals surface area contributed by atoms with Crippen LogP contribution in [-0.4, -0.2) is 38.5 Å². The number of nitrogens with one attached hydrogen (secondary N) is 2. The summed E-state index contributed by atoms with van der Waals surface area (Å²) < 4.78 is 5.09. The Morgan fingerprint density at radius 2 is 1.85 bits per heavy atom. The van der Waals surface area contributed by atoms with Gasteiger partial charge < -0.3 is 20.3 Å². The first-order valence-electron chi connectivity index (χ1n) is 11.6. The summed E-state index contributed by atoms with van der Waals surface area (Å²) in [4.78, 5) is 28.6. The van der Waals surface area contributed by atoms with E-state index in [9.17, 15) is 9.59 Å². The highest BCUT2D eigenvalue weighted by molar-refractivity contribution is 6.01. The average Bonchev–Trinajstić information content (AvgIpc) is 2.91. The fraction of sp³-hybridized carbons (Fsp3) is 0.407. The summed E-state index contributed by atoms with van der Waals surface area (Å²) in [6, 6.07) is 17.7. The molecule has 1 amide bonds. The molecular formula is C27H33N3O3. The molecule has 2 aliphatic rings. The fourth-order valence-corrected chi connectivity index (χ4v) is 4.86. The topological polar surface area (TPSA) is 70.7 Å². The Hall–Kier alpha value is -3.12. The second-order valence-electron chi connectivity index (χ2n) is 9.61. The van der Waals surface area contributed by atoms with E-state index in [0.29, 0.717) is 19.6 Å². The molecule has 2 N–H and O–H groups in total. The predicted molar refractivity (Wildman–Crippen MR) is 131 cm³/mol.